The molecule has 3 nitrogen and oxygen atoms in total. The number of amides is 1. The summed E-state index contributed by atoms with van der Waals surface area (Å²) in [5.74, 6) is -0.149. The van der Waals surface area contributed by atoms with E-state index in [1.807, 2.05) is 12.1 Å². The first-order valence-corrected chi connectivity index (χ1v) is 3.89. The lowest BCUT2D eigenvalue weighted by Gasteiger charge is -1.94. The third-order valence-corrected chi connectivity index (χ3v) is 1.94. The van der Waals surface area contributed by atoms with Crippen molar-refractivity contribution in [3.05, 3.63) is 41.5 Å². The van der Waals surface area contributed by atoms with E-state index in [0.29, 0.717) is 17.5 Å². The Morgan fingerprint density at radius 3 is 2.54 bits per heavy atom. The summed E-state index contributed by atoms with van der Waals surface area (Å²) < 4.78 is 0. The second-order valence-corrected chi connectivity index (χ2v) is 2.72. The van der Waals surface area contributed by atoms with Gasteiger partial charge in [-0.15, -0.1) is 0 Å². The van der Waals surface area contributed by atoms with Gasteiger partial charge in [-0.25, -0.2) is 0 Å². The topological polar surface area (TPSA) is 46.2 Å². The summed E-state index contributed by atoms with van der Waals surface area (Å²) in [5, 5.41) is 2.61. The van der Waals surface area contributed by atoms with E-state index < -0.39 is 0 Å². The molecule has 0 saturated heterocycles. The van der Waals surface area contributed by atoms with Crippen LogP contribution in [-0.4, -0.2) is 12.2 Å². The normalized spacial score (nSPS) is 16.9. The molecule has 1 amide bonds. The lowest BCUT2D eigenvalue weighted by atomic mass is 10.1. The van der Waals surface area contributed by atoms with Crippen molar-refractivity contribution in [1.29, 1.82) is 0 Å². The standard InChI is InChI=1S/C10H7NO2/c12-6-5-9-7-3-1-2-4-8(7)10(13)11-9/h1-6H,(H,11,13). The molecule has 1 aromatic carbocycles. The molecule has 0 unspecified atom stereocenters. The lowest BCUT2D eigenvalue weighted by molar-refractivity contribution is -0.104. The molecule has 1 aliphatic heterocycles. The van der Waals surface area contributed by atoms with Gasteiger partial charge in [0, 0.05) is 17.2 Å². The quantitative estimate of drug-likeness (QED) is 0.508. The maximum Gasteiger partial charge on any atom is 0.256 e. The van der Waals surface area contributed by atoms with Crippen LogP contribution in [0.5, 0.6) is 0 Å². The minimum absolute atomic E-state index is 0.149. The Labute approximate surface area is 75.1 Å². The van der Waals surface area contributed by atoms with Crippen LogP contribution in [-0.2, 0) is 4.79 Å². The van der Waals surface area contributed by atoms with Crippen molar-refractivity contribution in [2.45, 2.75) is 0 Å². The Balaban J connectivity index is 2.59. The molecule has 0 atom stereocenters. The summed E-state index contributed by atoms with van der Waals surface area (Å²) in [6.45, 7) is 0. The second kappa shape index (κ2) is 2.86. The summed E-state index contributed by atoms with van der Waals surface area (Å²) in [6, 6.07) is 7.17. The van der Waals surface area contributed by atoms with Gasteiger partial charge >= 0.3 is 0 Å². The van der Waals surface area contributed by atoms with Gasteiger partial charge in [0.25, 0.3) is 5.91 Å². The molecule has 64 valence electrons. The Bertz CT molecular complexity index is 407. The van der Waals surface area contributed by atoms with Crippen molar-refractivity contribution >= 4 is 17.9 Å². The van der Waals surface area contributed by atoms with Crippen molar-refractivity contribution in [3.8, 4) is 0 Å². The highest BCUT2D eigenvalue weighted by molar-refractivity contribution is 6.10. The van der Waals surface area contributed by atoms with Gasteiger partial charge in [0.05, 0.1) is 5.70 Å². The summed E-state index contributed by atoms with van der Waals surface area (Å²) in [4.78, 5) is 21.5. The molecule has 0 fully saturated rings. The maximum atomic E-state index is 11.3. The minimum Gasteiger partial charge on any atom is -0.321 e. The number of nitrogens with one attached hydrogen (secondary N) is 1. The molecule has 3 heteroatoms. The number of allylic oxidation sites excluding steroid dienone is 1. The van der Waals surface area contributed by atoms with E-state index in [1.54, 1.807) is 12.1 Å². The van der Waals surface area contributed by atoms with Gasteiger partial charge in [-0.3, -0.25) is 9.59 Å². The third kappa shape index (κ3) is 1.14. The van der Waals surface area contributed by atoms with E-state index >= 15 is 0 Å². The van der Waals surface area contributed by atoms with E-state index in [1.165, 1.54) is 6.08 Å². The van der Waals surface area contributed by atoms with Gasteiger partial charge in [0.1, 0.15) is 6.29 Å². The highest BCUT2D eigenvalue weighted by Gasteiger charge is 2.21. The fourth-order valence-corrected chi connectivity index (χ4v) is 1.37. The molecular formula is C10H7NO2. The summed E-state index contributed by atoms with van der Waals surface area (Å²) >= 11 is 0. The van der Waals surface area contributed by atoms with Crippen LogP contribution in [0.25, 0.3) is 5.70 Å². The van der Waals surface area contributed by atoms with E-state index in [2.05, 4.69) is 5.32 Å². The Hall–Kier alpha value is -1.90. The summed E-state index contributed by atoms with van der Waals surface area (Å²) in [7, 11) is 0. The van der Waals surface area contributed by atoms with Crippen molar-refractivity contribution in [1.82, 2.24) is 5.32 Å². The summed E-state index contributed by atoms with van der Waals surface area (Å²) in [6.07, 6.45) is 2.02. The highest BCUT2D eigenvalue weighted by atomic mass is 16.2. The SMILES string of the molecule is O=CC=C1NC(=O)c2ccccc21. The van der Waals surface area contributed by atoms with Crippen LogP contribution in [0.1, 0.15) is 15.9 Å². The van der Waals surface area contributed by atoms with Crippen LogP contribution in [0.15, 0.2) is 30.3 Å². The van der Waals surface area contributed by atoms with E-state index in [0.717, 1.165) is 5.56 Å². The van der Waals surface area contributed by atoms with Crippen molar-refractivity contribution < 1.29 is 9.59 Å². The van der Waals surface area contributed by atoms with Crippen LogP contribution in [0.2, 0.25) is 0 Å². The van der Waals surface area contributed by atoms with Crippen LogP contribution in [0.3, 0.4) is 0 Å². The molecule has 1 aromatic rings. The Morgan fingerprint density at radius 2 is 1.85 bits per heavy atom. The fourth-order valence-electron chi connectivity index (χ4n) is 1.37. The van der Waals surface area contributed by atoms with Gasteiger partial charge in [-0.2, -0.15) is 0 Å². The molecule has 1 N–H and O–H groups in total. The first-order chi connectivity index (χ1) is 6.33. The van der Waals surface area contributed by atoms with Crippen molar-refractivity contribution in [2.24, 2.45) is 0 Å². The smallest absolute Gasteiger partial charge is 0.256 e. The number of hydrogen-bond donors (Lipinski definition) is 1. The average Bonchev–Trinajstić information content (AvgIpc) is 2.46. The predicted octanol–water partition coefficient (Wildman–Crippen LogP) is 0.970. The molecular weight excluding hydrogens is 166 g/mol. The van der Waals surface area contributed by atoms with Crippen LogP contribution < -0.4 is 5.32 Å². The zero-order valence-electron chi connectivity index (χ0n) is 6.78. The van der Waals surface area contributed by atoms with Crippen LogP contribution in [0.4, 0.5) is 0 Å². The van der Waals surface area contributed by atoms with E-state index in [4.69, 9.17) is 0 Å². The molecule has 0 aromatic heterocycles. The first-order valence-electron chi connectivity index (χ1n) is 3.89. The second-order valence-electron chi connectivity index (χ2n) is 2.72. The fraction of sp³-hybridized carbons (Fsp3) is 0. The van der Waals surface area contributed by atoms with E-state index in [-0.39, 0.29) is 5.91 Å². The minimum atomic E-state index is -0.149. The lowest BCUT2D eigenvalue weighted by Crippen LogP contribution is -2.12. The maximum absolute atomic E-state index is 11.3. The van der Waals surface area contributed by atoms with Gasteiger partial charge < -0.3 is 5.32 Å². The zero-order chi connectivity index (χ0) is 9.26. The summed E-state index contributed by atoms with van der Waals surface area (Å²) in [5.41, 5.74) is 1.99. The number of fused-ring (bicyclic) bond motifs is 1. The molecule has 1 heterocycles. The van der Waals surface area contributed by atoms with Gasteiger partial charge in [0.2, 0.25) is 0 Å². The number of hydrogen-bond acceptors (Lipinski definition) is 2. The van der Waals surface area contributed by atoms with Crippen molar-refractivity contribution in [3.63, 3.8) is 0 Å². The largest absolute Gasteiger partial charge is 0.321 e. The average molecular weight is 173 g/mol. The van der Waals surface area contributed by atoms with Crippen LogP contribution >= 0.6 is 0 Å². The number of carbonyl (C=O) groups excluding carboxylic acids is 2. The Morgan fingerprint density at radius 1 is 1.15 bits per heavy atom. The zero-order valence-corrected chi connectivity index (χ0v) is 6.78. The molecule has 0 bridgehead atoms. The van der Waals surface area contributed by atoms with Gasteiger partial charge in [0.15, 0.2) is 0 Å². The predicted molar refractivity (Wildman–Crippen MR) is 47.9 cm³/mol. The molecule has 0 radical (unpaired) electrons. The number of rotatable bonds is 1. The molecule has 0 saturated carbocycles. The van der Waals surface area contributed by atoms with E-state index in [9.17, 15) is 9.59 Å². The van der Waals surface area contributed by atoms with Crippen molar-refractivity contribution in [2.75, 3.05) is 0 Å². The van der Waals surface area contributed by atoms with Gasteiger partial charge in [-0.05, 0) is 6.07 Å². The Kier molecular flexibility index (Phi) is 1.70. The number of benzene rings is 1. The molecule has 1 aliphatic rings. The molecule has 0 aliphatic carbocycles. The number of carbonyl (C=O) groups is 2. The van der Waals surface area contributed by atoms with Crippen LogP contribution in [0, 0.1) is 0 Å². The first kappa shape index (κ1) is 7.73. The molecule has 13 heavy (non-hydrogen) atoms. The van der Waals surface area contributed by atoms with Gasteiger partial charge in [-0.1, -0.05) is 18.2 Å². The monoisotopic (exact) mass is 173 g/mol. The highest BCUT2D eigenvalue weighted by Crippen LogP contribution is 2.22. The molecule has 2 rings (SSSR count). The number of aldehydes is 1. The molecule has 0 spiro atoms. The third-order valence-electron chi connectivity index (χ3n) is 1.94.